The highest BCUT2D eigenvalue weighted by Gasteiger charge is 1.97. The van der Waals surface area contributed by atoms with Crippen molar-refractivity contribution in [3.8, 4) is 6.07 Å². The average molecular weight is 222 g/mol. The maximum atomic E-state index is 8.70. The summed E-state index contributed by atoms with van der Waals surface area (Å²) in [6.45, 7) is 2.91. The van der Waals surface area contributed by atoms with Crippen LogP contribution < -0.4 is 5.32 Å². The zero-order valence-electron chi connectivity index (χ0n) is 9.77. The first-order valence-corrected chi connectivity index (χ1v) is 5.58. The molecule has 0 aromatic heterocycles. The lowest BCUT2D eigenvalue weighted by molar-refractivity contribution is 1.12. The molecule has 2 aromatic rings. The molecule has 17 heavy (non-hydrogen) atoms. The topological polar surface area (TPSA) is 35.8 Å². The van der Waals surface area contributed by atoms with Crippen molar-refractivity contribution in [2.45, 2.75) is 13.5 Å². The van der Waals surface area contributed by atoms with Gasteiger partial charge >= 0.3 is 0 Å². The molecule has 1 N–H and O–H groups in total. The van der Waals surface area contributed by atoms with E-state index in [1.807, 2.05) is 36.4 Å². The van der Waals surface area contributed by atoms with E-state index in [9.17, 15) is 0 Å². The van der Waals surface area contributed by atoms with Crippen LogP contribution in [0.5, 0.6) is 0 Å². The molecule has 0 bridgehead atoms. The van der Waals surface area contributed by atoms with E-state index >= 15 is 0 Å². The summed E-state index contributed by atoms with van der Waals surface area (Å²) in [5.74, 6) is 0. The van der Waals surface area contributed by atoms with Crippen LogP contribution in [0, 0.1) is 18.3 Å². The Hall–Kier alpha value is -2.27. The minimum Gasteiger partial charge on any atom is -0.381 e. The van der Waals surface area contributed by atoms with Crippen molar-refractivity contribution in [3.63, 3.8) is 0 Å². The van der Waals surface area contributed by atoms with E-state index in [0.717, 1.165) is 12.2 Å². The Kier molecular flexibility index (Phi) is 3.42. The summed E-state index contributed by atoms with van der Waals surface area (Å²) in [6.07, 6.45) is 0. The van der Waals surface area contributed by atoms with Gasteiger partial charge in [-0.05, 0) is 42.3 Å². The van der Waals surface area contributed by atoms with Crippen LogP contribution in [0.2, 0.25) is 0 Å². The summed E-state index contributed by atoms with van der Waals surface area (Å²) in [5, 5.41) is 12.0. The largest absolute Gasteiger partial charge is 0.381 e. The molecule has 0 unspecified atom stereocenters. The van der Waals surface area contributed by atoms with Gasteiger partial charge in [-0.25, -0.2) is 0 Å². The van der Waals surface area contributed by atoms with Crippen LogP contribution in [0.4, 0.5) is 5.69 Å². The first kappa shape index (κ1) is 11.2. The quantitative estimate of drug-likeness (QED) is 0.863. The zero-order chi connectivity index (χ0) is 12.1. The number of rotatable bonds is 3. The Morgan fingerprint density at radius 1 is 1.06 bits per heavy atom. The molecule has 0 radical (unpaired) electrons. The molecule has 0 amide bonds. The van der Waals surface area contributed by atoms with E-state index in [1.165, 1.54) is 11.1 Å². The Balaban J connectivity index is 2.03. The summed E-state index contributed by atoms with van der Waals surface area (Å²) < 4.78 is 0. The van der Waals surface area contributed by atoms with Gasteiger partial charge in [-0.15, -0.1) is 0 Å². The molecule has 0 spiro atoms. The zero-order valence-corrected chi connectivity index (χ0v) is 9.77. The third-order valence-electron chi connectivity index (χ3n) is 2.76. The van der Waals surface area contributed by atoms with Gasteiger partial charge in [-0.2, -0.15) is 5.26 Å². The number of hydrogen-bond acceptors (Lipinski definition) is 2. The lowest BCUT2D eigenvalue weighted by Gasteiger charge is -2.08. The van der Waals surface area contributed by atoms with Gasteiger partial charge in [0.15, 0.2) is 0 Å². The third-order valence-corrected chi connectivity index (χ3v) is 2.76. The number of nitrogens with zero attached hydrogens (tertiary/aromatic N) is 1. The van der Waals surface area contributed by atoms with Crippen LogP contribution in [-0.4, -0.2) is 0 Å². The molecule has 0 saturated carbocycles. The monoisotopic (exact) mass is 222 g/mol. The van der Waals surface area contributed by atoms with Gasteiger partial charge < -0.3 is 5.32 Å². The highest BCUT2D eigenvalue weighted by atomic mass is 14.9. The molecule has 0 atom stereocenters. The smallest absolute Gasteiger partial charge is 0.0991 e. The molecule has 0 aliphatic carbocycles. The second-order valence-corrected chi connectivity index (χ2v) is 3.97. The molecule has 0 aliphatic heterocycles. The Morgan fingerprint density at radius 3 is 2.41 bits per heavy atom. The molecule has 2 nitrogen and oxygen atoms in total. The Labute approximate surface area is 102 Å². The van der Waals surface area contributed by atoms with Crippen LogP contribution in [0.3, 0.4) is 0 Å². The maximum Gasteiger partial charge on any atom is 0.0991 e. The summed E-state index contributed by atoms with van der Waals surface area (Å²) >= 11 is 0. The van der Waals surface area contributed by atoms with Gasteiger partial charge in [-0.3, -0.25) is 0 Å². The second-order valence-electron chi connectivity index (χ2n) is 3.97. The molecular formula is C15H14N2. The minimum atomic E-state index is 0.687. The first-order valence-electron chi connectivity index (χ1n) is 5.58. The van der Waals surface area contributed by atoms with E-state index in [1.54, 1.807) is 0 Å². The lowest BCUT2D eigenvalue weighted by Crippen LogP contribution is -2.00. The predicted molar refractivity (Wildman–Crippen MR) is 69.7 cm³/mol. The van der Waals surface area contributed by atoms with Gasteiger partial charge in [-0.1, -0.05) is 24.3 Å². The fourth-order valence-electron chi connectivity index (χ4n) is 1.67. The van der Waals surface area contributed by atoms with Crippen molar-refractivity contribution >= 4 is 5.69 Å². The van der Waals surface area contributed by atoms with Crippen LogP contribution in [-0.2, 0) is 6.54 Å². The van der Waals surface area contributed by atoms with Crippen LogP contribution in [0.25, 0.3) is 0 Å². The van der Waals surface area contributed by atoms with Crippen LogP contribution >= 0.6 is 0 Å². The van der Waals surface area contributed by atoms with E-state index in [2.05, 4.69) is 30.4 Å². The number of aryl methyl sites for hydroxylation is 1. The van der Waals surface area contributed by atoms with Gasteiger partial charge in [0.25, 0.3) is 0 Å². The van der Waals surface area contributed by atoms with E-state index in [4.69, 9.17) is 5.26 Å². The third kappa shape index (κ3) is 2.85. The SMILES string of the molecule is Cc1ccccc1CNc1ccc(C#N)cc1. The molecule has 0 saturated heterocycles. The summed E-state index contributed by atoms with van der Waals surface area (Å²) in [4.78, 5) is 0. The molecule has 0 heterocycles. The van der Waals surface area contributed by atoms with Gasteiger partial charge in [0.2, 0.25) is 0 Å². The molecule has 2 aromatic carbocycles. The van der Waals surface area contributed by atoms with Crippen molar-refractivity contribution in [1.82, 2.24) is 0 Å². The molecular weight excluding hydrogens is 208 g/mol. The van der Waals surface area contributed by atoms with Crippen LogP contribution in [0.1, 0.15) is 16.7 Å². The van der Waals surface area contributed by atoms with Crippen molar-refractivity contribution in [2.24, 2.45) is 0 Å². The summed E-state index contributed by atoms with van der Waals surface area (Å²) in [6, 6.07) is 17.9. The number of nitriles is 1. The maximum absolute atomic E-state index is 8.70. The van der Waals surface area contributed by atoms with Crippen molar-refractivity contribution < 1.29 is 0 Å². The highest BCUT2D eigenvalue weighted by Crippen LogP contribution is 2.12. The lowest BCUT2D eigenvalue weighted by atomic mass is 10.1. The normalized spacial score (nSPS) is 9.65. The molecule has 84 valence electrons. The first-order chi connectivity index (χ1) is 8.29. The van der Waals surface area contributed by atoms with Crippen molar-refractivity contribution in [3.05, 3.63) is 65.2 Å². The van der Waals surface area contributed by atoms with Gasteiger partial charge in [0.05, 0.1) is 11.6 Å². The number of nitrogens with one attached hydrogen (secondary N) is 1. The Bertz CT molecular complexity index is 536. The Morgan fingerprint density at radius 2 is 1.76 bits per heavy atom. The van der Waals surface area contributed by atoms with E-state index in [0.29, 0.717) is 5.56 Å². The summed E-state index contributed by atoms with van der Waals surface area (Å²) in [7, 11) is 0. The van der Waals surface area contributed by atoms with Crippen molar-refractivity contribution in [1.29, 1.82) is 5.26 Å². The van der Waals surface area contributed by atoms with Crippen LogP contribution in [0.15, 0.2) is 48.5 Å². The fraction of sp³-hybridized carbons (Fsp3) is 0.133. The molecule has 0 fully saturated rings. The van der Waals surface area contributed by atoms with Gasteiger partial charge in [0.1, 0.15) is 0 Å². The molecule has 0 aliphatic rings. The van der Waals surface area contributed by atoms with Gasteiger partial charge in [0, 0.05) is 12.2 Å². The summed E-state index contributed by atoms with van der Waals surface area (Å²) in [5.41, 5.74) is 4.30. The number of hydrogen-bond donors (Lipinski definition) is 1. The van der Waals surface area contributed by atoms with Crippen molar-refractivity contribution in [2.75, 3.05) is 5.32 Å². The second kappa shape index (κ2) is 5.18. The predicted octanol–water partition coefficient (Wildman–Crippen LogP) is 3.48. The fourth-order valence-corrected chi connectivity index (χ4v) is 1.67. The van der Waals surface area contributed by atoms with E-state index < -0.39 is 0 Å². The van der Waals surface area contributed by atoms with E-state index in [-0.39, 0.29) is 0 Å². The number of anilines is 1. The standard InChI is InChI=1S/C15H14N2/c1-12-4-2-3-5-14(12)11-17-15-8-6-13(10-16)7-9-15/h2-9,17H,11H2,1H3. The average Bonchev–Trinajstić information content (AvgIpc) is 2.38. The number of benzene rings is 2. The highest BCUT2D eigenvalue weighted by molar-refractivity contribution is 5.47. The minimum absolute atomic E-state index is 0.687. The molecule has 2 heteroatoms. The molecule has 2 rings (SSSR count).